The number of hydrogen-bond donors (Lipinski definition) is 0. The van der Waals surface area contributed by atoms with E-state index in [1.807, 2.05) is 74.5 Å². The summed E-state index contributed by atoms with van der Waals surface area (Å²) >= 11 is 0. The second-order valence-corrected chi connectivity index (χ2v) is 4.57. The predicted octanol–water partition coefficient (Wildman–Crippen LogP) is 5.29. The van der Waals surface area contributed by atoms with Crippen LogP contribution in [0.15, 0.2) is 81.1 Å². The highest BCUT2D eigenvalue weighted by atomic mass is 15.3. The van der Waals surface area contributed by atoms with E-state index in [1.165, 1.54) is 0 Å². The topological polar surface area (TPSA) is 49.4 Å². The highest BCUT2D eigenvalue weighted by Gasteiger charge is 2.14. The first-order valence-electron chi connectivity index (χ1n) is 6.12. The van der Waals surface area contributed by atoms with Crippen molar-refractivity contribution in [1.82, 2.24) is 0 Å². The maximum absolute atomic E-state index is 4.21. The van der Waals surface area contributed by atoms with Gasteiger partial charge in [0.15, 0.2) is 5.66 Å². The van der Waals surface area contributed by atoms with Crippen molar-refractivity contribution in [2.24, 2.45) is 20.5 Å². The van der Waals surface area contributed by atoms with Gasteiger partial charge >= 0.3 is 0 Å². The molecule has 0 spiro atoms. The van der Waals surface area contributed by atoms with Crippen LogP contribution in [0.5, 0.6) is 0 Å². The van der Waals surface area contributed by atoms with Crippen LogP contribution in [0.25, 0.3) is 0 Å². The van der Waals surface area contributed by atoms with Gasteiger partial charge in [-0.15, -0.1) is 0 Å². The first-order chi connectivity index (χ1) is 9.16. The zero-order valence-electron chi connectivity index (χ0n) is 11.1. The molecule has 4 heteroatoms. The Hall–Kier alpha value is -2.36. The maximum Gasteiger partial charge on any atom is 0.186 e. The molecule has 19 heavy (non-hydrogen) atoms. The zero-order valence-corrected chi connectivity index (χ0v) is 11.1. The minimum atomic E-state index is -0.675. The van der Waals surface area contributed by atoms with Crippen LogP contribution in [-0.2, 0) is 0 Å². The Balaban J connectivity index is 2.06. The molecule has 0 atom stereocenters. The minimum Gasteiger partial charge on any atom is -0.157 e. The van der Waals surface area contributed by atoms with E-state index in [4.69, 9.17) is 0 Å². The van der Waals surface area contributed by atoms with Crippen molar-refractivity contribution >= 4 is 11.4 Å². The highest BCUT2D eigenvalue weighted by molar-refractivity contribution is 5.35. The van der Waals surface area contributed by atoms with Crippen LogP contribution in [0.2, 0.25) is 0 Å². The molecule has 0 unspecified atom stereocenters. The van der Waals surface area contributed by atoms with Gasteiger partial charge in [0.1, 0.15) is 0 Å². The van der Waals surface area contributed by atoms with E-state index in [2.05, 4.69) is 20.5 Å². The van der Waals surface area contributed by atoms with E-state index in [-0.39, 0.29) is 0 Å². The molecule has 96 valence electrons. The largest absolute Gasteiger partial charge is 0.186 e. The fraction of sp³-hybridized carbons (Fsp3) is 0.200. The van der Waals surface area contributed by atoms with E-state index in [0.29, 0.717) is 0 Å². The molecule has 4 nitrogen and oxygen atoms in total. The zero-order chi connectivity index (χ0) is 13.6. The molecule has 0 saturated carbocycles. The van der Waals surface area contributed by atoms with Crippen molar-refractivity contribution in [3.05, 3.63) is 60.7 Å². The average Bonchev–Trinajstić information content (AvgIpc) is 2.46. The van der Waals surface area contributed by atoms with Gasteiger partial charge in [0.2, 0.25) is 0 Å². The SMILES string of the molecule is CC(C)(N=Nc1ccccc1)N=Nc1ccccc1. The van der Waals surface area contributed by atoms with E-state index in [9.17, 15) is 0 Å². The second-order valence-electron chi connectivity index (χ2n) is 4.57. The van der Waals surface area contributed by atoms with Crippen molar-refractivity contribution in [2.45, 2.75) is 19.5 Å². The summed E-state index contributed by atoms with van der Waals surface area (Å²) in [6, 6.07) is 19.2. The molecule has 0 aliphatic carbocycles. The van der Waals surface area contributed by atoms with Crippen molar-refractivity contribution in [3.63, 3.8) is 0 Å². The molecule has 0 fully saturated rings. The van der Waals surface area contributed by atoms with Crippen molar-refractivity contribution in [1.29, 1.82) is 0 Å². The summed E-state index contributed by atoms with van der Waals surface area (Å²) < 4.78 is 0. The van der Waals surface area contributed by atoms with E-state index < -0.39 is 5.66 Å². The molecule has 0 aliphatic rings. The normalized spacial score (nSPS) is 12.3. The molecule has 2 aromatic rings. The Morgan fingerprint density at radius 3 is 1.37 bits per heavy atom. The minimum absolute atomic E-state index is 0.675. The third-order valence-electron chi connectivity index (χ3n) is 2.33. The average molecular weight is 252 g/mol. The monoisotopic (exact) mass is 252 g/mol. The summed E-state index contributed by atoms with van der Waals surface area (Å²) in [6.45, 7) is 3.73. The fourth-order valence-corrected chi connectivity index (χ4v) is 1.37. The van der Waals surface area contributed by atoms with Crippen LogP contribution in [0.4, 0.5) is 11.4 Å². The predicted molar refractivity (Wildman–Crippen MR) is 76.0 cm³/mol. The Bertz CT molecular complexity index is 508. The standard InChI is InChI=1S/C15H16N4/c1-15(2,18-16-13-9-5-3-6-10-13)19-17-14-11-7-4-8-12-14/h3-12H,1-2H3. The smallest absolute Gasteiger partial charge is 0.157 e. The Labute approximate surface area is 112 Å². The van der Waals surface area contributed by atoms with E-state index in [0.717, 1.165) is 11.4 Å². The van der Waals surface area contributed by atoms with E-state index in [1.54, 1.807) is 0 Å². The number of hydrogen-bond acceptors (Lipinski definition) is 4. The van der Waals surface area contributed by atoms with Gasteiger partial charge in [0, 0.05) is 0 Å². The van der Waals surface area contributed by atoms with Crippen LogP contribution < -0.4 is 0 Å². The molecule has 0 N–H and O–H groups in total. The summed E-state index contributed by atoms with van der Waals surface area (Å²) in [7, 11) is 0. The van der Waals surface area contributed by atoms with Crippen LogP contribution in [0, 0.1) is 0 Å². The van der Waals surface area contributed by atoms with Gasteiger partial charge in [-0.1, -0.05) is 36.4 Å². The van der Waals surface area contributed by atoms with Crippen LogP contribution in [-0.4, -0.2) is 5.66 Å². The van der Waals surface area contributed by atoms with E-state index >= 15 is 0 Å². The first-order valence-corrected chi connectivity index (χ1v) is 6.12. The number of nitrogens with zero attached hydrogens (tertiary/aromatic N) is 4. The lowest BCUT2D eigenvalue weighted by atomic mass is 10.3. The molecule has 0 amide bonds. The van der Waals surface area contributed by atoms with Gasteiger partial charge in [-0.05, 0) is 38.1 Å². The third-order valence-corrected chi connectivity index (χ3v) is 2.33. The molecule has 2 aromatic carbocycles. The van der Waals surface area contributed by atoms with Crippen molar-refractivity contribution in [2.75, 3.05) is 0 Å². The molecule has 0 radical (unpaired) electrons. The number of benzene rings is 2. The lowest BCUT2D eigenvalue weighted by Crippen LogP contribution is -2.10. The fourth-order valence-electron chi connectivity index (χ4n) is 1.37. The number of rotatable bonds is 4. The van der Waals surface area contributed by atoms with Crippen LogP contribution >= 0.6 is 0 Å². The summed E-state index contributed by atoms with van der Waals surface area (Å²) in [5.74, 6) is 0. The van der Waals surface area contributed by atoms with Gasteiger partial charge in [-0.3, -0.25) is 0 Å². The lowest BCUT2D eigenvalue weighted by Gasteiger charge is -2.09. The lowest BCUT2D eigenvalue weighted by molar-refractivity contribution is 0.499. The summed E-state index contributed by atoms with van der Waals surface area (Å²) in [6.07, 6.45) is 0. The second kappa shape index (κ2) is 6.00. The summed E-state index contributed by atoms with van der Waals surface area (Å²) in [4.78, 5) is 0. The summed E-state index contributed by atoms with van der Waals surface area (Å²) in [5, 5.41) is 16.7. The molecular weight excluding hydrogens is 236 g/mol. The van der Waals surface area contributed by atoms with Gasteiger partial charge < -0.3 is 0 Å². The van der Waals surface area contributed by atoms with Gasteiger partial charge in [0.05, 0.1) is 11.4 Å². The first kappa shape index (κ1) is 13.1. The summed E-state index contributed by atoms with van der Waals surface area (Å²) in [5.41, 5.74) is 0.946. The molecular formula is C15H16N4. The molecule has 2 rings (SSSR count). The van der Waals surface area contributed by atoms with Crippen LogP contribution in [0.1, 0.15) is 13.8 Å². The van der Waals surface area contributed by atoms with Crippen molar-refractivity contribution in [3.8, 4) is 0 Å². The van der Waals surface area contributed by atoms with Crippen LogP contribution in [0.3, 0.4) is 0 Å². The van der Waals surface area contributed by atoms with Gasteiger partial charge in [-0.25, -0.2) is 0 Å². The molecule has 0 aromatic heterocycles. The van der Waals surface area contributed by atoms with Crippen molar-refractivity contribution < 1.29 is 0 Å². The Kier molecular flexibility index (Phi) is 4.13. The van der Waals surface area contributed by atoms with Gasteiger partial charge in [0.25, 0.3) is 0 Å². The highest BCUT2D eigenvalue weighted by Crippen LogP contribution is 2.20. The molecule has 0 bridgehead atoms. The third kappa shape index (κ3) is 4.43. The Morgan fingerprint density at radius 1 is 0.632 bits per heavy atom. The molecule has 0 heterocycles. The quantitative estimate of drug-likeness (QED) is 0.664. The Morgan fingerprint density at radius 2 is 1.00 bits per heavy atom. The van der Waals surface area contributed by atoms with Gasteiger partial charge in [-0.2, -0.15) is 20.5 Å². The maximum atomic E-state index is 4.21. The molecule has 0 aliphatic heterocycles. The number of azo groups is 2. The molecule has 0 saturated heterocycles.